The van der Waals surface area contributed by atoms with E-state index in [2.05, 4.69) is 4.98 Å². The second-order valence-corrected chi connectivity index (χ2v) is 6.00. The SMILES string of the molecule is CCCN1C(=O)C(=O)/C(=C(\O)c2ccncc2)C1c1ccc(OC)cc1. The molecule has 6 heteroatoms. The van der Waals surface area contributed by atoms with Gasteiger partial charge in [-0.15, -0.1) is 0 Å². The van der Waals surface area contributed by atoms with Gasteiger partial charge in [-0.25, -0.2) is 0 Å². The van der Waals surface area contributed by atoms with Crippen molar-refractivity contribution >= 4 is 17.4 Å². The van der Waals surface area contributed by atoms with E-state index in [4.69, 9.17) is 4.74 Å². The molecule has 1 aliphatic heterocycles. The topological polar surface area (TPSA) is 79.7 Å². The molecule has 26 heavy (non-hydrogen) atoms. The molecule has 3 rings (SSSR count). The van der Waals surface area contributed by atoms with Crippen molar-refractivity contribution in [3.8, 4) is 5.75 Å². The molecule has 0 spiro atoms. The Hall–Kier alpha value is -3.15. The van der Waals surface area contributed by atoms with Gasteiger partial charge < -0.3 is 14.7 Å². The first-order valence-corrected chi connectivity index (χ1v) is 8.41. The average Bonchev–Trinajstić information content (AvgIpc) is 2.93. The van der Waals surface area contributed by atoms with Gasteiger partial charge in [0, 0.05) is 24.5 Å². The first kappa shape index (κ1) is 17.7. The number of carbonyl (C=O) groups is 2. The van der Waals surface area contributed by atoms with Crippen molar-refractivity contribution in [2.24, 2.45) is 0 Å². The molecular formula is C20H20N2O4. The Morgan fingerprint density at radius 2 is 1.81 bits per heavy atom. The highest BCUT2D eigenvalue weighted by Gasteiger charge is 2.45. The van der Waals surface area contributed by atoms with Gasteiger partial charge in [0.2, 0.25) is 0 Å². The molecule has 1 saturated heterocycles. The van der Waals surface area contributed by atoms with Crippen molar-refractivity contribution in [1.82, 2.24) is 9.88 Å². The number of methoxy groups -OCH3 is 1. The Bertz CT molecular complexity index is 844. The second kappa shape index (κ2) is 7.39. The monoisotopic (exact) mass is 352 g/mol. The van der Waals surface area contributed by atoms with Crippen LogP contribution in [0.2, 0.25) is 0 Å². The van der Waals surface area contributed by atoms with Crippen molar-refractivity contribution in [3.05, 3.63) is 65.5 Å². The molecule has 6 nitrogen and oxygen atoms in total. The minimum absolute atomic E-state index is 0.0971. The molecule has 0 aliphatic carbocycles. The van der Waals surface area contributed by atoms with Gasteiger partial charge in [0.25, 0.3) is 11.7 Å². The minimum atomic E-state index is -0.673. The Kier molecular flexibility index (Phi) is 5.02. The number of aromatic nitrogens is 1. The maximum Gasteiger partial charge on any atom is 0.295 e. The number of carbonyl (C=O) groups excluding carboxylic acids is 2. The van der Waals surface area contributed by atoms with E-state index >= 15 is 0 Å². The predicted molar refractivity (Wildman–Crippen MR) is 96.5 cm³/mol. The molecular weight excluding hydrogens is 332 g/mol. The quantitative estimate of drug-likeness (QED) is 0.508. The molecule has 0 saturated carbocycles. The van der Waals surface area contributed by atoms with E-state index in [0.29, 0.717) is 24.3 Å². The summed E-state index contributed by atoms with van der Waals surface area (Å²) in [6, 6.07) is 9.73. The Morgan fingerprint density at radius 1 is 1.15 bits per heavy atom. The van der Waals surface area contributed by atoms with Crippen LogP contribution in [-0.4, -0.2) is 40.3 Å². The lowest BCUT2D eigenvalue weighted by Crippen LogP contribution is -2.30. The van der Waals surface area contributed by atoms with E-state index in [9.17, 15) is 14.7 Å². The fraction of sp³-hybridized carbons (Fsp3) is 0.250. The van der Waals surface area contributed by atoms with Crippen LogP contribution in [0.5, 0.6) is 5.75 Å². The number of aliphatic hydroxyl groups is 1. The lowest BCUT2D eigenvalue weighted by molar-refractivity contribution is -0.139. The number of ether oxygens (including phenoxy) is 1. The molecule has 1 aliphatic rings. The third kappa shape index (κ3) is 3.06. The zero-order valence-electron chi connectivity index (χ0n) is 14.7. The summed E-state index contributed by atoms with van der Waals surface area (Å²) in [4.78, 5) is 30.6. The van der Waals surface area contributed by atoms with Gasteiger partial charge in [0.1, 0.15) is 11.5 Å². The lowest BCUT2D eigenvalue weighted by atomic mass is 9.95. The first-order valence-electron chi connectivity index (χ1n) is 8.41. The largest absolute Gasteiger partial charge is 0.507 e. The molecule has 1 fully saturated rings. The number of hydrogen-bond donors (Lipinski definition) is 1. The molecule has 0 radical (unpaired) electrons. The number of pyridine rings is 1. The number of benzene rings is 1. The molecule has 1 aromatic heterocycles. The maximum absolute atomic E-state index is 12.7. The van der Waals surface area contributed by atoms with Gasteiger partial charge in [-0.05, 0) is 36.2 Å². The Morgan fingerprint density at radius 3 is 2.38 bits per heavy atom. The van der Waals surface area contributed by atoms with E-state index in [-0.39, 0.29) is 11.3 Å². The second-order valence-electron chi connectivity index (χ2n) is 6.00. The zero-order chi connectivity index (χ0) is 18.7. The van der Waals surface area contributed by atoms with Crippen molar-refractivity contribution < 1.29 is 19.4 Å². The van der Waals surface area contributed by atoms with Crippen LogP contribution in [0, 0.1) is 0 Å². The van der Waals surface area contributed by atoms with Crippen LogP contribution in [0.1, 0.15) is 30.5 Å². The van der Waals surface area contributed by atoms with E-state index in [1.54, 1.807) is 43.5 Å². The highest BCUT2D eigenvalue weighted by atomic mass is 16.5. The van der Waals surface area contributed by atoms with Crippen molar-refractivity contribution in [2.45, 2.75) is 19.4 Å². The van der Waals surface area contributed by atoms with Gasteiger partial charge in [-0.3, -0.25) is 14.6 Å². The highest BCUT2D eigenvalue weighted by Crippen LogP contribution is 2.39. The normalized spacial score (nSPS) is 19.0. The standard InChI is InChI=1S/C20H20N2O4/c1-3-12-22-17(13-4-6-15(26-2)7-5-13)16(19(24)20(22)25)18(23)14-8-10-21-11-9-14/h4-11,17,23H,3,12H2,1-2H3/b18-16-. The molecule has 2 heterocycles. The maximum atomic E-state index is 12.7. The van der Waals surface area contributed by atoms with Crippen LogP contribution < -0.4 is 4.74 Å². The van der Waals surface area contributed by atoms with E-state index < -0.39 is 17.7 Å². The molecule has 1 amide bonds. The molecule has 2 aromatic rings. The van der Waals surface area contributed by atoms with Crippen LogP contribution in [0.3, 0.4) is 0 Å². The number of hydrogen-bond acceptors (Lipinski definition) is 5. The van der Waals surface area contributed by atoms with Crippen LogP contribution in [0.15, 0.2) is 54.4 Å². The van der Waals surface area contributed by atoms with Gasteiger partial charge >= 0.3 is 0 Å². The summed E-state index contributed by atoms with van der Waals surface area (Å²) in [7, 11) is 1.57. The Balaban J connectivity index is 2.15. The summed E-state index contributed by atoms with van der Waals surface area (Å²) >= 11 is 0. The molecule has 1 unspecified atom stereocenters. The number of ketones is 1. The molecule has 0 bridgehead atoms. The molecule has 1 atom stereocenters. The number of likely N-dealkylation sites (tertiary alicyclic amines) is 1. The number of aliphatic hydroxyl groups excluding tert-OH is 1. The smallest absolute Gasteiger partial charge is 0.295 e. The van der Waals surface area contributed by atoms with Gasteiger partial charge in [-0.2, -0.15) is 0 Å². The number of amides is 1. The van der Waals surface area contributed by atoms with Crippen molar-refractivity contribution in [1.29, 1.82) is 0 Å². The van der Waals surface area contributed by atoms with E-state index in [1.807, 2.05) is 6.92 Å². The number of Topliss-reactive ketones (excluding diaryl/α,β-unsaturated/α-hetero) is 1. The summed E-state index contributed by atoms with van der Waals surface area (Å²) in [6.07, 6.45) is 3.76. The van der Waals surface area contributed by atoms with E-state index in [0.717, 1.165) is 5.56 Å². The predicted octanol–water partition coefficient (Wildman–Crippen LogP) is 2.92. The first-order chi connectivity index (χ1) is 12.6. The van der Waals surface area contributed by atoms with Gasteiger partial charge in [-0.1, -0.05) is 19.1 Å². The third-order valence-electron chi connectivity index (χ3n) is 4.39. The Labute approximate surface area is 151 Å². The van der Waals surface area contributed by atoms with Crippen LogP contribution in [-0.2, 0) is 9.59 Å². The molecule has 1 aromatic carbocycles. The summed E-state index contributed by atoms with van der Waals surface area (Å²) in [5.74, 6) is -0.780. The third-order valence-corrected chi connectivity index (χ3v) is 4.39. The fourth-order valence-electron chi connectivity index (χ4n) is 3.15. The fourth-order valence-corrected chi connectivity index (χ4v) is 3.15. The summed E-state index contributed by atoms with van der Waals surface area (Å²) in [5, 5.41) is 10.8. The van der Waals surface area contributed by atoms with Gasteiger partial charge in [0.05, 0.1) is 18.7 Å². The summed E-state index contributed by atoms with van der Waals surface area (Å²) in [6.45, 7) is 2.36. The van der Waals surface area contributed by atoms with Crippen molar-refractivity contribution in [3.63, 3.8) is 0 Å². The van der Waals surface area contributed by atoms with Crippen LogP contribution >= 0.6 is 0 Å². The van der Waals surface area contributed by atoms with Crippen LogP contribution in [0.4, 0.5) is 0 Å². The van der Waals surface area contributed by atoms with E-state index in [1.165, 1.54) is 17.3 Å². The lowest BCUT2D eigenvalue weighted by Gasteiger charge is -2.25. The van der Waals surface area contributed by atoms with Crippen molar-refractivity contribution in [2.75, 3.05) is 13.7 Å². The average molecular weight is 352 g/mol. The zero-order valence-corrected chi connectivity index (χ0v) is 14.7. The number of rotatable bonds is 5. The van der Waals surface area contributed by atoms with Gasteiger partial charge in [0.15, 0.2) is 0 Å². The number of nitrogens with zero attached hydrogens (tertiary/aromatic N) is 2. The highest BCUT2D eigenvalue weighted by molar-refractivity contribution is 6.46. The molecule has 134 valence electrons. The summed E-state index contributed by atoms with van der Waals surface area (Å²) < 4.78 is 5.18. The van der Waals surface area contributed by atoms with Crippen LogP contribution in [0.25, 0.3) is 5.76 Å². The minimum Gasteiger partial charge on any atom is -0.507 e. The summed E-state index contributed by atoms with van der Waals surface area (Å²) in [5.41, 5.74) is 1.29. The molecule has 1 N–H and O–H groups in total.